The van der Waals surface area contributed by atoms with Crippen LogP contribution in [0.15, 0.2) is 41.8 Å². The van der Waals surface area contributed by atoms with Gasteiger partial charge < -0.3 is 9.64 Å². The molecule has 1 atom stereocenters. The Morgan fingerprint density at radius 2 is 1.87 bits per heavy atom. The highest BCUT2D eigenvalue weighted by Crippen LogP contribution is 2.20. The molecule has 0 spiro atoms. The van der Waals surface area contributed by atoms with Crippen molar-refractivity contribution in [3.05, 3.63) is 57.8 Å². The molecule has 122 valence electrons. The Kier molecular flexibility index (Phi) is 6.07. The van der Waals surface area contributed by atoms with Gasteiger partial charge in [-0.25, -0.2) is 0 Å². The molecular weight excluding hydrogens is 310 g/mol. The summed E-state index contributed by atoms with van der Waals surface area (Å²) in [5, 5.41) is 1.88. The predicted octanol–water partition coefficient (Wildman–Crippen LogP) is 3.19. The molecule has 4 nitrogen and oxygen atoms in total. The fraction of sp³-hybridized carbons (Fsp3) is 0.333. The molecule has 0 fully saturated rings. The topological polar surface area (TPSA) is 46.6 Å². The van der Waals surface area contributed by atoms with Gasteiger partial charge in [0.1, 0.15) is 6.61 Å². The molecule has 1 aromatic carbocycles. The average Bonchev–Trinajstić information content (AvgIpc) is 3.07. The summed E-state index contributed by atoms with van der Waals surface area (Å²) in [6.07, 6.45) is 0. The van der Waals surface area contributed by atoms with Crippen LogP contribution in [0.3, 0.4) is 0 Å². The quantitative estimate of drug-likeness (QED) is 0.577. The monoisotopic (exact) mass is 331 g/mol. The van der Waals surface area contributed by atoms with E-state index in [-0.39, 0.29) is 17.7 Å². The van der Waals surface area contributed by atoms with Crippen molar-refractivity contribution in [2.24, 2.45) is 0 Å². The fourth-order valence-electron chi connectivity index (χ4n) is 2.06. The first-order valence-corrected chi connectivity index (χ1v) is 8.36. The predicted molar refractivity (Wildman–Crippen MR) is 92.1 cm³/mol. The first-order chi connectivity index (χ1) is 11.0. The maximum Gasteiger partial charge on any atom is 0.313 e. The molecular formula is C18H21NO3S. The molecule has 2 aromatic rings. The van der Waals surface area contributed by atoms with Gasteiger partial charge in [-0.05, 0) is 38.0 Å². The van der Waals surface area contributed by atoms with Gasteiger partial charge in [0, 0.05) is 12.1 Å². The van der Waals surface area contributed by atoms with E-state index in [2.05, 4.69) is 0 Å². The van der Waals surface area contributed by atoms with Crippen molar-refractivity contribution in [1.82, 2.24) is 4.90 Å². The number of carbonyl (C=O) groups excluding carboxylic acids is 2. The van der Waals surface area contributed by atoms with Gasteiger partial charge in [-0.2, -0.15) is 0 Å². The molecule has 5 heteroatoms. The summed E-state index contributed by atoms with van der Waals surface area (Å²) in [4.78, 5) is 26.9. The molecule has 0 radical (unpaired) electrons. The summed E-state index contributed by atoms with van der Waals surface area (Å²) in [6, 6.07) is 10.8. The van der Waals surface area contributed by atoms with Crippen molar-refractivity contribution in [3.8, 4) is 0 Å². The Morgan fingerprint density at radius 3 is 2.43 bits per heavy atom. The highest BCUT2D eigenvalue weighted by Gasteiger charge is 2.17. The van der Waals surface area contributed by atoms with Crippen LogP contribution in [0.2, 0.25) is 0 Å². The Bertz CT molecular complexity index is 647. The largest absolute Gasteiger partial charge is 0.464 e. The lowest BCUT2D eigenvalue weighted by Gasteiger charge is -2.14. The molecule has 0 amide bonds. The minimum Gasteiger partial charge on any atom is -0.464 e. The highest BCUT2D eigenvalue weighted by atomic mass is 32.1. The van der Waals surface area contributed by atoms with E-state index in [4.69, 9.17) is 4.74 Å². The summed E-state index contributed by atoms with van der Waals surface area (Å²) in [6.45, 7) is 2.89. The van der Waals surface area contributed by atoms with Crippen LogP contribution >= 0.6 is 11.3 Å². The number of ketones is 1. The van der Waals surface area contributed by atoms with Crippen LogP contribution in [-0.4, -0.2) is 43.9 Å². The SMILES string of the molecule is CC(C(=O)OCCN(C)C)c1ccc(C(=O)c2cccs2)cc1. The zero-order chi connectivity index (χ0) is 16.8. The zero-order valence-electron chi connectivity index (χ0n) is 13.6. The number of esters is 1. The first-order valence-electron chi connectivity index (χ1n) is 7.48. The summed E-state index contributed by atoms with van der Waals surface area (Å²) in [5.41, 5.74) is 1.48. The molecule has 23 heavy (non-hydrogen) atoms. The Labute approximate surface area is 140 Å². The molecule has 0 saturated heterocycles. The normalized spacial score (nSPS) is 12.2. The molecule has 0 aliphatic carbocycles. The van der Waals surface area contributed by atoms with E-state index in [9.17, 15) is 9.59 Å². The second kappa shape index (κ2) is 8.04. The minimum absolute atomic E-state index is 0.00719. The molecule has 1 heterocycles. The van der Waals surface area contributed by atoms with Gasteiger partial charge in [0.15, 0.2) is 0 Å². The number of carbonyl (C=O) groups is 2. The number of ether oxygens (including phenoxy) is 1. The van der Waals surface area contributed by atoms with Crippen LogP contribution in [0.25, 0.3) is 0 Å². The maximum atomic E-state index is 12.2. The van der Waals surface area contributed by atoms with Crippen molar-refractivity contribution in [2.75, 3.05) is 27.2 Å². The number of benzene rings is 1. The van der Waals surface area contributed by atoms with E-state index in [1.54, 1.807) is 12.1 Å². The first kappa shape index (κ1) is 17.4. The minimum atomic E-state index is -0.344. The van der Waals surface area contributed by atoms with Gasteiger partial charge in [-0.15, -0.1) is 11.3 Å². The van der Waals surface area contributed by atoms with Gasteiger partial charge in [0.05, 0.1) is 10.8 Å². The van der Waals surface area contributed by atoms with Crippen LogP contribution in [0.1, 0.15) is 33.6 Å². The van der Waals surface area contributed by atoms with E-state index in [0.29, 0.717) is 23.6 Å². The lowest BCUT2D eigenvalue weighted by Crippen LogP contribution is -2.22. The third kappa shape index (κ3) is 4.74. The van der Waals surface area contributed by atoms with Gasteiger partial charge in [-0.1, -0.05) is 30.3 Å². The zero-order valence-corrected chi connectivity index (χ0v) is 14.4. The van der Waals surface area contributed by atoms with Crippen LogP contribution in [0.4, 0.5) is 0 Å². The highest BCUT2D eigenvalue weighted by molar-refractivity contribution is 7.12. The smallest absolute Gasteiger partial charge is 0.313 e. The van der Waals surface area contributed by atoms with Gasteiger partial charge in [0.25, 0.3) is 0 Å². The molecule has 0 aliphatic rings. The molecule has 0 aliphatic heterocycles. The third-order valence-corrected chi connectivity index (χ3v) is 4.42. The van der Waals surface area contributed by atoms with Crippen molar-refractivity contribution >= 4 is 23.1 Å². The molecule has 0 N–H and O–H groups in total. The van der Waals surface area contributed by atoms with E-state index >= 15 is 0 Å². The Hall–Kier alpha value is -1.98. The average molecular weight is 331 g/mol. The Morgan fingerprint density at radius 1 is 1.17 bits per heavy atom. The maximum absolute atomic E-state index is 12.2. The lowest BCUT2D eigenvalue weighted by atomic mass is 9.98. The second-order valence-electron chi connectivity index (χ2n) is 5.62. The van der Waals surface area contributed by atoms with Crippen molar-refractivity contribution < 1.29 is 14.3 Å². The van der Waals surface area contributed by atoms with Crippen molar-refractivity contribution in [2.45, 2.75) is 12.8 Å². The van der Waals surface area contributed by atoms with Crippen LogP contribution < -0.4 is 0 Å². The van der Waals surface area contributed by atoms with E-state index in [1.165, 1.54) is 11.3 Å². The number of hydrogen-bond acceptors (Lipinski definition) is 5. The standard InChI is InChI=1S/C18H21NO3S/c1-13(18(21)22-11-10-19(2)3)14-6-8-15(9-7-14)17(20)16-5-4-12-23-16/h4-9,12-13H,10-11H2,1-3H3. The molecule has 0 saturated carbocycles. The van der Waals surface area contributed by atoms with Crippen LogP contribution in [-0.2, 0) is 9.53 Å². The lowest BCUT2D eigenvalue weighted by molar-refractivity contribution is -0.145. The molecule has 0 bridgehead atoms. The number of nitrogens with zero attached hydrogens (tertiary/aromatic N) is 1. The second-order valence-corrected chi connectivity index (χ2v) is 6.57. The number of thiophene rings is 1. The fourth-order valence-corrected chi connectivity index (χ4v) is 2.75. The number of hydrogen-bond donors (Lipinski definition) is 0. The van der Waals surface area contributed by atoms with E-state index < -0.39 is 0 Å². The summed E-state index contributed by atoms with van der Waals surface area (Å²) < 4.78 is 5.26. The molecule has 2 rings (SSSR count). The van der Waals surface area contributed by atoms with Crippen molar-refractivity contribution in [1.29, 1.82) is 0 Å². The van der Waals surface area contributed by atoms with Crippen LogP contribution in [0.5, 0.6) is 0 Å². The number of rotatable bonds is 7. The molecule has 1 unspecified atom stereocenters. The molecule has 1 aromatic heterocycles. The van der Waals surface area contributed by atoms with E-state index in [1.807, 2.05) is 55.6 Å². The van der Waals surface area contributed by atoms with E-state index in [0.717, 1.165) is 5.56 Å². The Balaban J connectivity index is 1.98. The summed E-state index contributed by atoms with van der Waals surface area (Å²) >= 11 is 1.42. The van der Waals surface area contributed by atoms with Gasteiger partial charge in [-0.3, -0.25) is 9.59 Å². The third-order valence-electron chi connectivity index (χ3n) is 3.55. The summed E-state index contributed by atoms with van der Waals surface area (Å²) in [7, 11) is 3.86. The number of likely N-dealkylation sites (N-methyl/N-ethyl adjacent to an activating group) is 1. The van der Waals surface area contributed by atoms with Crippen molar-refractivity contribution in [3.63, 3.8) is 0 Å². The van der Waals surface area contributed by atoms with Crippen LogP contribution in [0, 0.1) is 0 Å². The van der Waals surface area contributed by atoms with Gasteiger partial charge in [0.2, 0.25) is 5.78 Å². The van der Waals surface area contributed by atoms with Gasteiger partial charge >= 0.3 is 5.97 Å². The summed E-state index contributed by atoms with van der Waals surface area (Å²) in [5.74, 6) is -0.583.